The van der Waals surface area contributed by atoms with Gasteiger partial charge in [-0.25, -0.2) is 8.42 Å². The van der Waals surface area contributed by atoms with Gasteiger partial charge in [0.1, 0.15) is 0 Å². The Morgan fingerprint density at radius 1 is 1.22 bits per heavy atom. The quantitative estimate of drug-likeness (QED) is 0.653. The van der Waals surface area contributed by atoms with Crippen molar-refractivity contribution in [2.45, 2.75) is 18.9 Å². The maximum absolute atomic E-state index is 11.3. The minimum Gasteiger partial charge on any atom is -0.378 e. The lowest BCUT2D eigenvalue weighted by Crippen LogP contribution is -2.42. The van der Waals surface area contributed by atoms with E-state index in [9.17, 15) is 8.42 Å². The van der Waals surface area contributed by atoms with Crippen LogP contribution in [0.2, 0.25) is 0 Å². The Hall–Kier alpha value is -0.170. The van der Waals surface area contributed by atoms with Crippen molar-refractivity contribution in [3.63, 3.8) is 0 Å². The number of hydrogen-bond donors (Lipinski definition) is 0. The van der Waals surface area contributed by atoms with Crippen LogP contribution < -0.4 is 0 Å². The van der Waals surface area contributed by atoms with Crippen LogP contribution in [0.5, 0.6) is 0 Å². The molecule has 1 unspecified atom stereocenters. The molecule has 1 atom stereocenters. The van der Waals surface area contributed by atoms with Gasteiger partial charge in [0, 0.05) is 25.7 Å². The maximum atomic E-state index is 11.3. The van der Waals surface area contributed by atoms with Crippen LogP contribution in [0.25, 0.3) is 0 Å². The van der Waals surface area contributed by atoms with Crippen molar-refractivity contribution in [3.8, 4) is 0 Å². The van der Waals surface area contributed by atoms with Gasteiger partial charge in [-0.3, -0.25) is 4.90 Å². The summed E-state index contributed by atoms with van der Waals surface area (Å²) in [6.45, 7) is 4.88. The highest BCUT2D eigenvalue weighted by Gasteiger charge is 2.22. The predicted molar refractivity (Wildman–Crippen MR) is 71.6 cm³/mol. The molecular formula is C12H24N2O3S. The lowest BCUT2D eigenvalue weighted by molar-refractivity contribution is 0.0695. The van der Waals surface area contributed by atoms with Gasteiger partial charge >= 0.3 is 0 Å². The molecule has 18 heavy (non-hydrogen) atoms. The van der Waals surface area contributed by atoms with E-state index in [0.717, 1.165) is 13.2 Å². The van der Waals surface area contributed by atoms with Crippen molar-refractivity contribution >= 4 is 9.84 Å². The Kier molecular flexibility index (Phi) is 5.00. The fourth-order valence-electron chi connectivity index (χ4n) is 2.58. The molecule has 0 spiro atoms. The monoisotopic (exact) mass is 276 g/mol. The fourth-order valence-corrected chi connectivity index (χ4v) is 3.85. The normalized spacial score (nSPS) is 29.7. The summed E-state index contributed by atoms with van der Waals surface area (Å²) in [5, 5.41) is 0. The SMILES string of the molecule is CN1CCCC1COCCN1CCS(=O)(=O)CC1. The molecule has 0 bridgehead atoms. The van der Waals surface area contributed by atoms with Gasteiger partial charge in [0.05, 0.1) is 24.7 Å². The summed E-state index contributed by atoms with van der Waals surface area (Å²) in [6, 6.07) is 0.576. The summed E-state index contributed by atoms with van der Waals surface area (Å²) in [4.78, 5) is 4.53. The van der Waals surface area contributed by atoms with Crippen LogP contribution in [-0.2, 0) is 14.6 Å². The zero-order valence-corrected chi connectivity index (χ0v) is 12.0. The number of sulfone groups is 1. The second-order valence-electron chi connectivity index (χ2n) is 5.35. The molecule has 0 amide bonds. The molecule has 0 saturated carbocycles. The van der Waals surface area contributed by atoms with Crippen LogP contribution in [0.15, 0.2) is 0 Å². The summed E-state index contributed by atoms with van der Waals surface area (Å²) in [6.07, 6.45) is 2.51. The summed E-state index contributed by atoms with van der Waals surface area (Å²) in [5.41, 5.74) is 0. The molecule has 2 saturated heterocycles. The van der Waals surface area contributed by atoms with Gasteiger partial charge in [-0.1, -0.05) is 0 Å². The molecule has 0 radical (unpaired) electrons. The fraction of sp³-hybridized carbons (Fsp3) is 1.00. The third-order valence-electron chi connectivity index (χ3n) is 3.97. The van der Waals surface area contributed by atoms with Crippen molar-refractivity contribution in [3.05, 3.63) is 0 Å². The van der Waals surface area contributed by atoms with Crippen molar-refractivity contribution in [1.82, 2.24) is 9.80 Å². The van der Waals surface area contributed by atoms with Crippen LogP contribution in [0.1, 0.15) is 12.8 Å². The van der Waals surface area contributed by atoms with Crippen molar-refractivity contribution in [2.24, 2.45) is 0 Å². The van der Waals surface area contributed by atoms with Crippen LogP contribution in [0, 0.1) is 0 Å². The molecular weight excluding hydrogens is 252 g/mol. The summed E-state index contributed by atoms with van der Waals surface area (Å²) in [7, 11) is -0.606. The van der Waals surface area contributed by atoms with Crippen LogP contribution in [0.3, 0.4) is 0 Å². The van der Waals surface area contributed by atoms with Gasteiger partial charge in [0.2, 0.25) is 0 Å². The van der Waals surface area contributed by atoms with E-state index < -0.39 is 9.84 Å². The summed E-state index contributed by atoms with van der Waals surface area (Å²) in [5.74, 6) is 0.608. The highest BCUT2D eigenvalue weighted by molar-refractivity contribution is 7.91. The van der Waals surface area contributed by atoms with Gasteiger partial charge in [-0.2, -0.15) is 0 Å². The average Bonchev–Trinajstić information content (AvgIpc) is 2.72. The van der Waals surface area contributed by atoms with E-state index in [2.05, 4.69) is 16.8 Å². The van der Waals surface area contributed by atoms with Crippen LogP contribution in [-0.4, -0.2) is 82.2 Å². The van der Waals surface area contributed by atoms with E-state index in [1.54, 1.807) is 0 Å². The third kappa shape index (κ3) is 4.19. The van der Waals surface area contributed by atoms with Gasteiger partial charge in [0.15, 0.2) is 9.84 Å². The van der Waals surface area contributed by atoms with E-state index in [0.29, 0.717) is 37.2 Å². The Bertz CT molecular complexity index is 344. The van der Waals surface area contributed by atoms with E-state index >= 15 is 0 Å². The van der Waals surface area contributed by atoms with Crippen molar-refractivity contribution < 1.29 is 13.2 Å². The largest absolute Gasteiger partial charge is 0.378 e. The maximum Gasteiger partial charge on any atom is 0.152 e. The lowest BCUT2D eigenvalue weighted by Gasteiger charge is -2.26. The second-order valence-corrected chi connectivity index (χ2v) is 7.65. The van der Waals surface area contributed by atoms with Crippen LogP contribution >= 0.6 is 0 Å². The lowest BCUT2D eigenvalue weighted by atomic mass is 10.2. The minimum atomic E-state index is -2.76. The zero-order valence-electron chi connectivity index (χ0n) is 11.2. The third-order valence-corrected chi connectivity index (χ3v) is 5.58. The first kappa shape index (κ1) is 14.2. The van der Waals surface area contributed by atoms with Crippen LogP contribution in [0.4, 0.5) is 0 Å². The Labute approximate surface area is 110 Å². The molecule has 2 aliphatic heterocycles. The number of rotatable bonds is 5. The standard InChI is InChI=1S/C12H24N2O3S/c1-13-4-2-3-12(13)11-17-8-5-14-6-9-18(15,16)10-7-14/h12H,2-11H2,1H3. The number of hydrogen-bond acceptors (Lipinski definition) is 5. The minimum absolute atomic E-state index is 0.304. The molecule has 0 aliphatic carbocycles. The highest BCUT2D eigenvalue weighted by Crippen LogP contribution is 2.14. The Morgan fingerprint density at radius 2 is 1.94 bits per heavy atom. The second kappa shape index (κ2) is 6.32. The Morgan fingerprint density at radius 3 is 2.56 bits per heavy atom. The summed E-state index contributed by atoms with van der Waals surface area (Å²) < 4.78 is 28.3. The number of likely N-dealkylation sites (N-methyl/N-ethyl adjacent to an activating group) is 1. The molecule has 0 aromatic rings. The number of ether oxygens (including phenoxy) is 1. The molecule has 0 N–H and O–H groups in total. The molecule has 2 rings (SSSR count). The van der Waals surface area contributed by atoms with E-state index in [4.69, 9.17) is 4.74 Å². The van der Waals surface area contributed by atoms with Crippen molar-refractivity contribution in [1.29, 1.82) is 0 Å². The van der Waals surface area contributed by atoms with Gasteiger partial charge in [0.25, 0.3) is 0 Å². The topological polar surface area (TPSA) is 49.9 Å². The molecule has 106 valence electrons. The van der Waals surface area contributed by atoms with E-state index in [-0.39, 0.29) is 0 Å². The van der Waals surface area contributed by atoms with Gasteiger partial charge < -0.3 is 9.64 Å². The first-order chi connectivity index (χ1) is 8.57. The first-order valence-electron chi connectivity index (χ1n) is 6.77. The molecule has 2 fully saturated rings. The predicted octanol–water partition coefficient (Wildman–Crippen LogP) is -0.172. The number of nitrogens with zero attached hydrogens (tertiary/aromatic N) is 2. The highest BCUT2D eigenvalue weighted by atomic mass is 32.2. The zero-order chi connectivity index (χ0) is 13.0. The number of likely N-dealkylation sites (tertiary alicyclic amines) is 1. The van der Waals surface area contributed by atoms with E-state index in [1.807, 2.05) is 0 Å². The Balaban J connectivity index is 1.56. The van der Waals surface area contributed by atoms with Crippen molar-refractivity contribution in [2.75, 3.05) is 57.9 Å². The average molecular weight is 276 g/mol. The van der Waals surface area contributed by atoms with E-state index in [1.165, 1.54) is 19.4 Å². The van der Waals surface area contributed by atoms with Gasteiger partial charge in [-0.15, -0.1) is 0 Å². The molecule has 6 heteroatoms. The summed E-state index contributed by atoms with van der Waals surface area (Å²) >= 11 is 0. The molecule has 0 aromatic carbocycles. The molecule has 2 aliphatic rings. The molecule has 0 aromatic heterocycles. The molecule has 2 heterocycles. The molecule has 5 nitrogen and oxygen atoms in total. The smallest absolute Gasteiger partial charge is 0.152 e. The van der Waals surface area contributed by atoms with Gasteiger partial charge in [-0.05, 0) is 26.4 Å². The first-order valence-corrected chi connectivity index (χ1v) is 8.60.